The van der Waals surface area contributed by atoms with Gasteiger partial charge in [-0.1, -0.05) is 36.4 Å². The minimum atomic E-state index is -0.0884. The molecule has 2 aliphatic heterocycles. The number of para-hydroxylation sites is 2. The van der Waals surface area contributed by atoms with Crippen LogP contribution in [0.4, 0.5) is 5.69 Å². The molecule has 1 unspecified atom stereocenters. The van der Waals surface area contributed by atoms with Crippen molar-refractivity contribution in [3.63, 3.8) is 0 Å². The molecular weight excluding hydrogens is 364 g/mol. The number of hydrogen-bond acceptors (Lipinski definition) is 4. The lowest BCUT2D eigenvalue weighted by Crippen LogP contribution is -2.47. The van der Waals surface area contributed by atoms with Gasteiger partial charge in [-0.3, -0.25) is 4.79 Å². The summed E-state index contributed by atoms with van der Waals surface area (Å²) in [5, 5.41) is 0. The van der Waals surface area contributed by atoms with Gasteiger partial charge in [0.1, 0.15) is 5.75 Å². The Hall–Kier alpha value is -2.53. The van der Waals surface area contributed by atoms with Gasteiger partial charge in [0.15, 0.2) is 0 Å². The second-order valence-corrected chi connectivity index (χ2v) is 8.17. The second-order valence-electron chi connectivity index (χ2n) is 8.17. The fourth-order valence-electron chi connectivity index (χ4n) is 4.58. The Labute approximate surface area is 173 Å². The molecule has 2 heterocycles. The third-order valence-corrected chi connectivity index (χ3v) is 6.46. The summed E-state index contributed by atoms with van der Waals surface area (Å²) < 4.78 is 11.7. The standard InChI is InChI=1S/C24H30N2O3/c1-25(20-9-4-3-5-10-20)21-17-24(29-18-21)12-14-26(15-13-24)23(27)16-19-8-6-7-11-22(19)28-2/h3-11,21H,12-18H2,1-2H3. The highest BCUT2D eigenvalue weighted by molar-refractivity contribution is 5.79. The zero-order valence-electron chi connectivity index (χ0n) is 17.3. The summed E-state index contributed by atoms with van der Waals surface area (Å²) in [7, 11) is 3.79. The van der Waals surface area contributed by atoms with E-state index in [2.05, 4.69) is 36.2 Å². The van der Waals surface area contributed by atoms with Gasteiger partial charge in [-0.05, 0) is 37.5 Å². The third kappa shape index (κ3) is 4.25. The van der Waals surface area contributed by atoms with E-state index in [0.717, 1.165) is 50.3 Å². The Morgan fingerprint density at radius 1 is 1.14 bits per heavy atom. The molecule has 2 aromatic carbocycles. The Morgan fingerprint density at radius 2 is 1.83 bits per heavy atom. The van der Waals surface area contributed by atoms with E-state index in [0.29, 0.717) is 12.5 Å². The summed E-state index contributed by atoms with van der Waals surface area (Å²) in [4.78, 5) is 17.1. The second kappa shape index (κ2) is 8.46. The van der Waals surface area contributed by atoms with Crippen molar-refractivity contribution in [3.8, 4) is 5.75 Å². The van der Waals surface area contributed by atoms with E-state index in [1.54, 1.807) is 7.11 Å². The molecule has 1 amide bonds. The van der Waals surface area contributed by atoms with Crippen molar-refractivity contribution in [2.75, 3.05) is 38.8 Å². The van der Waals surface area contributed by atoms with Gasteiger partial charge in [0.2, 0.25) is 5.91 Å². The molecule has 5 nitrogen and oxygen atoms in total. The quantitative estimate of drug-likeness (QED) is 0.778. The van der Waals surface area contributed by atoms with Crippen LogP contribution in [0, 0.1) is 0 Å². The third-order valence-electron chi connectivity index (χ3n) is 6.46. The molecule has 2 saturated heterocycles. The van der Waals surface area contributed by atoms with E-state index < -0.39 is 0 Å². The number of anilines is 1. The first kappa shape index (κ1) is 19.8. The maximum atomic E-state index is 12.8. The maximum Gasteiger partial charge on any atom is 0.227 e. The fraction of sp³-hybridized carbons (Fsp3) is 0.458. The molecule has 154 valence electrons. The van der Waals surface area contributed by atoms with E-state index in [1.807, 2.05) is 35.2 Å². The van der Waals surface area contributed by atoms with Gasteiger partial charge in [-0.2, -0.15) is 0 Å². The van der Waals surface area contributed by atoms with Crippen molar-refractivity contribution in [1.29, 1.82) is 0 Å². The molecule has 2 fully saturated rings. The molecule has 0 bridgehead atoms. The van der Waals surface area contributed by atoms with E-state index in [-0.39, 0.29) is 11.5 Å². The Morgan fingerprint density at radius 3 is 2.55 bits per heavy atom. The van der Waals surface area contributed by atoms with E-state index in [1.165, 1.54) is 5.69 Å². The van der Waals surface area contributed by atoms with Crippen LogP contribution < -0.4 is 9.64 Å². The molecule has 1 spiro atoms. The average molecular weight is 395 g/mol. The Balaban J connectivity index is 1.33. The number of likely N-dealkylation sites (N-methyl/N-ethyl adjacent to an activating group) is 1. The first-order valence-electron chi connectivity index (χ1n) is 10.4. The molecule has 0 N–H and O–H groups in total. The lowest BCUT2D eigenvalue weighted by Gasteiger charge is -2.39. The molecule has 2 aliphatic rings. The number of nitrogens with zero attached hydrogens (tertiary/aromatic N) is 2. The lowest BCUT2D eigenvalue weighted by atomic mass is 9.87. The zero-order chi connectivity index (χ0) is 20.3. The van der Waals surface area contributed by atoms with Crippen LogP contribution in [0.3, 0.4) is 0 Å². The van der Waals surface area contributed by atoms with Crippen LogP contribution in [-0.2, 0) is 16.0 Å². The van der Waals surface area contributed by atoms with E-state index in [4.69, 9.17) is 9.47 Å². The van der Waals surface area contributed by atoms with Crippen molar-refractivity contribution >= 4 is 11.6 Å². The zero-order valence-corrected chi connectivity index (χ0v) is 17.3. The lowest BCUT2D eigenvalue weighted by molar-refractivity contribution is -0.135. The normalized spacial score (nSPS) is 20.6. The number of rotatable bonds is 5. The number of benzene rings is 2. The number of ether oxygens (including phenoxy) is 2. The summed E-state index contributed by atoms with van der Waals surface area (Å²) in [6.07, 6.45) is 3.22. The summed E-state index contributed by atoms with van der Waals surface area (Å²) in [5.74, 6) is 0.945. The number of methoxy groups -OCH3 is 1. The minimum absolute atomic E-state index is 0.0884. The highest BCUT2D eigenvalue weighted by Gasteiger charge is 2.44. The highest BCUT2D eigenvalue weighted by atomic mass is 16.5. The van der Waals surface area contributed by atoms with Gasteiger partial charge in [0.25, 0.3) is 0 Å². The van der Waals surface area contributed by atoms with Gasteiger partial charge < -0.3 is 19.3 Å². The largest absolute Gasteiger partial charge is 0.496 e. The fourth-order valence-corrected chi connectivity index (χ4v) is 4.58. The van der Waals surface area contributed by atoms with Gasteiger partial charge in [-0.25, -0.2) is 0 Å². The smallest absolute Gasteiger partial charge is 0.227 e. The summed E-state index contributed by atoms with van der Waals surface area (Å²) >= 11 is 0. The van der Waals surface area contributed by atoms with Gasteiger partial charge in [0.05, 0.1) is 31.8 Å². The van der Waals surface area contributed by atoms with Crippen molar-refractivity contribution in [1.82, 2.24) is 4.90 Å². The van der Waals surface area contributed by atoms with Gasteiger partial charge in [-0.15, -0.1) is 0 Å². The molecule has 5 heteroatoms. The molecule has 4 rings (SSSR count). The molecule has 0 saturated carbocycles. The number of likely N-dealkylation sites (tertiary alicyclic amines) is 1. The molecule has 29 heavy (non-hydrogen) atoms. The van der Waals surface area contributed by atoms with Crippen LogP contribution in [0.25, 0.3) is 0 Å². The van der Waals surface area contributed by atoms with E-state index in [9.17, 15) is 4.79 Å². The van der Waals surface area contributed by atoms with Crippen molar-refractivity contribution in [2.45, 2.75) is 37.3 Å². The predicted molar refractivity (Wildman–Crippen MR) is 114 cm³/mol. The molecule has 0 radical (unpaired) electrons. The first-order chi connectivity index (χ1) is 14.1. The number of hydrogen-bond donors (Lipinski definition) is 0. The summed E-state index contributed by atoms with van der Waals surface area (Å²) in [6.45, 7) is 2.27. The minimum Gasteiger partial charge on any atom is -0.496 e. The molecule has 0 aromatic heterocycles. The molecular formula is C24H30N2O3. The van der Waals surface area contributed by atoms with Crippen molar-refractivity contribution in [2.24, 2.45) is 0 Å². The Kier molecular flexibility index (Phi) is 5.76. The van der Waals surface area contributed by atoms with Crippen LogP contribution in [0.1, 0.15) is 24.8 Å². The molecule has 0 aliphatic carbocycles. The molecule has 1 atom stereocenters. The van der Waals surface area contributed by atoms with Crippen LogP contribution in [-0.4, -0.2) is 56.3 Å². The number of amides is 1. The predicted octanol–water partition coefficient (Wildman–Crippen LogP) is 3.52. The van der Waals surface area contributed by atoms with Crippen molar-refractivity contribution in [3.05, 3.63) is 60.2 Å². The number of carbonyl (C=O) groups excluding carboxylic acids is 1. The monoisotopic (exact) mass is 394 g/mol. The molecule has 2 aromatic rings. The van der Waals surface area contributed by atoms with E-state index >= 15 is 0 Å². The van der Waals surface area contributed by atoms with Gasteiger partial charge in [0, 0.05) is 31.4 Å². The number of carbonyl (C=O) groups is 1. The maximum absolute atomic E-state index is 12.8. The van der Waals surface area contributed by atoms with Crippen LogP contribution in [0.5, 0.6) is 5.75 Å². The van der Waals surface area contributed by atoms with Gasteiger partial charge >= 0.3 is 0 Å². The van der Waals surface area contributed by atoms with Crippen LogP contribution in [0.15, 0.2) is 54.6 Å². The average Bonchev–Trinajstić information content (AvgIpc) is 3.18. The SMILES string of the molecule is COc1ccccc1CC(=O)N1CCC2(CC1)CC(N(C)c1ccccc1)CO2. The number of piperidine rings is 1. The van der Waals surface area contributed by atoms with Crippen LogP contribution >= 0.6 is 0 Å². The Bertz CT molecular complexity index is 831. The topological polar surface area (TPSA) is 42.0 Å². The van der Waals surface area contributed by atoms with Crippen LogP contribution in [0.2, 0.25) is 0 Å². The van der Waals surface area contributed by atoms with Crippen molar-refractivity contribution < 1.29 is 14.3 Å². The summed E-state index contributed by atoms with van der Waals surface area (Å²) in [6, 6.07) is 18.6. The first-order valence-corrected chi connectivity index (χ1v) is 10.4. The highest BCUT2D eigenvalue weighted by Crippen LogP contribution is 2.38. The summed E-state index contributed by atoms with van der Waals surface area (Å²) in [5.41, 5.74) is 2.08.